The van der Waals surface area contributed by atoms with Gasteiger partial charge >= 0.3 is 0 Å². The average Bonchev–Trinajstić information content (AvgIpc) is 2.93. The number of hydrogen-bond acceptors (Lipinski definition) is 5. The summed E-state index contributed by atoms with van der Waals surface area (Å²) < 4.78 is 5.90. The quantitative estimate of drug-likeness (QED) is 0.615. The minimum atomic E-state index is 0.194. The summed E-state index contributed by atoms with van der Waals surface area (Å²) in [5, 5.41) is 4.33. The van der Waals surface area contributed by atoms with Crippen molar-refractivity contribution in [3.63, 3.8) is 0 Å². The normalized spacial score (nSPS) is 22.8. The molecule has 1 aromatic rings. The third-order valence-electron chi connectivity index (χ3n) is 3.84. The highest BCUT2D eigenvalue weighted by Crippen LogP contribution is 2.16. The highest BCUT2D eigenvalue weighted by molar-refractivity contribution is 7.07. The largest absolute Gasteiger partial charge is 0.374 e. The molecule has 1 fully saturated rings. The molecule has 108 valence electrons. The zero-order valence-corrected chi connectivity index (χ0v) is 12.7. The van der Waals surface area contributed by atoms with E-state index in [4.69, 9.17) is 10.6 Å². The van der Waals surface area contributed by atoms with Crippen molar-refractivity contribution in [2.75, 3.05) is 19.7 Å². The van der Waals surface area contributed by atoms with Gasteiger partial charge in [-0.3, -0.25) is 16.2 Å². The van der Waals surface area contributed by atoms with Crippen LogP contribution in [-0.4, -0.2) is 42.8 Å². The highest BCUT2D eigenvalue weighted by Gasteiger charge is 2.28. The molecule has 0 amide bonds. The van der Waals surface area contributed by atoms with Crippen molar-refractivity contribution in [3.05, 3.63) is 22.4 Å². The van der Waals surface area contributed by atoms with Crippen molar-refractivity contribution in [1.82, 2.24) is 10.3 Å². The molecule has 4 nitrogen and oxygen atoms in total. The molecule has 2 heterocycles. The maximum Gasteiger partial charge on any atom is 0.0868 e. The van der Waals surface area contributed by atoms with Gasteiger partial charge in [-0.1, -0.05) is 0 Å². The standard InChI is InChI=1S/C14H25N3OS/c1-11(2)17-6-7-18-14(9-17)13(16-15)4-3-12-5-8-19-10-12/h5,8,10-11,13-14,16H,3-4,6-7,9,15H2,1-2H3. The highest BCUT2D eigenvalue weighted by atomic mass is 32.1. The smallest absolute Gasteiger partial charge is 0.0868 e. The second-order valence-corrected chi connectivity index (χ2v) is 6.22. The summed E-state index contributed by atoms with van der Waals surface area (Å²) in [6, 6.07) is 2.98. The van der Waals surface area contributed by atoms with E-state index in [1.807, 2.05) is 0 Å². The van der Waals surface area contributed by atoms with E-state index in [1.54, 1.807) is 11.3 Å². The lowest BCUT2D eigenvalue weighted by Crippen LogP contribution is -2.55. The summed E-state index contributed by atoms with van der Waals surface area (Å²) in [4.78, 5) is 2.46. The molecular formula is C14H25N3OS. The fraction of sp³-hybridized carbons (Fsp3) is 0.714. The molecule has 19 heavy (non-hydrogen) atoms. The number of nitrogens with two attached hydrogens (primary N) is 1. The summed E-state index contributed by atoms with van der Waals surface area (Å²) in [6.45, 7) is 7.27. The first-order valence-electron chi connectivity index (χ1n) is 7.03. The Morgan fingerprint density at radius 1 is 1.58 bits per heavy atom. The predicted molar refractivity (Wildman–Crippen MR) is 80.2 cm³/mol. The molecule has 5 heteroatoms. The number of hydrogen-bond donors (Lipinski definition) is 2. The van der Waals surface area contributed by atoms with Gasteiger partial charge in [0.05, 0.1) is 12.7 Å². The lowest BCUT2D eigenvalue weighted by atomic mass is 10.0. The Balaban J connectivity index is 1.86. The van der Waals surface area contributed by atoms with Crippen LogP contribution in [0, 0.1) is 0 Å². The Labute approximate surface area is 119 Å². The van der Waals surface area contributed by atoms with Crippen molar-refractivity contribution in [1.29, 1.82) is 0 Å². The molecule has 0 saturated carbocycles. The van der Waals surface area contributed by atoms with E-state index in [0.29, 0.717) is 6.04 Å². The molecule has 1 aliphatic rings. The first-order chi connectivity index (χ1) is 9.20. The molecular weight excluding hydrogens is 258 g/mol. The van der Waals surface area contributed by atoms with Crippen molar-refractivity contribution in [3.8, 4) is 0 Å². The van der Waals surface area contributed by atoms with Crippen molar-refractivity contribution >= 4 is 11.3 Å². The molecule has 1 aliphatic heterocycles. The van der Waals surface area contributed by atoms with Gasteiger partial charge < -0.3 is 4.74 Å². The molecule has 2 atom stereocenters. The van der Waals surface area contributed by atoms with Crippen LogP contribution >= 0.6 is 11.3 Å². The molecule has 0 aliphatic carbocycles. The van der Waals surface area contributed by atoms with Crippen LogP contribution in [0.3, 0.4) is 0 Å². The van der Waals surface area contributed by atoms with Crippen LogP contribution in [0.25, 0.3) is 0 Å². The van der Waals surface area contributed by atoms with Gasteiger partial charge in [0, 0.05) is 25.2 Å². The minimum Gasteiger partial charge on any atom is -0.374 e. The fourth-order valence-corrected chi connectivity index (χ4v) is 3.25. The van der Waals surface area contributed by atoms with E-state index in [9.17, 15) is 0 Å². The molecule has 0 radical (unpaired) electrons. The van der Waals surface area contributed by atoms with Gasteiger partial charge in [0.15, 0.2) is 0 Å². The van der Waals surface area contributed by atoms with Gasteiger partial charge in [-0.25, -0.2) is 0 Å². The summed E-state index contributed by atoms with van der Waals surface area (Å²) in [6.07, 6.45) is 2.27. The lowest BCUT2D eigenvalue weighted by Gasteiger charge is -2.38. The molecule has 1 saturated heterocycles. The second-order valence-electron chi connectivity index (χ2n) is 5.44. The van der Waals surface area contributed by atoms with Gasteiger partial charge in [0.2, 0.25) is 0 Å². The maximum atomic E-state index is 5.90. The minimum absolute atomic E-state index is 0.194. The summed E-state index contributed by atoms with van der Waals surface area (Å²) in [5.74, 6) is 5.72. The number of ether oxygens (including phenoxy) is 1. The zero-order chi connectivity index (χ0) is 13.7. The van der Waals surface area contributed by atoms with Crippen LogP contribution in [0.15, 0.2) is 16.8 Å². The molecule has 1 aromatic heterocycles. The first-order valence-corrected chi connectivity index (χ1v) is 7.98. The van der Waals surface area contributed by atoms with Crippen LogP contribution in [0.1, 0.15) is 25.8 Å². The number of hydrazine groups is 1. The van der Waals surface area contributed by atoms with Crippen molar-refractivity contribution < 1.29 is 4.74 Å². The van der Waals surface area contributed by atoms with Crippen LogP contribution in [-0.2, 0) is 11.2 Å². The predicted octanol–water partition coefficient (Wildman–Crippen LogP) is 1.62. The summed E-state index contributed by atoms with van der Waals surface area (Å²) in [5.41, 5.74) is 4.34. The van der Waals surface area contributed by atoms with Gasteiger partial charge in [-0.05, 0) is 49.1 Å². The van der Waals surface area contributed by atoms with E-state index in [1.165, 1.54) is 5.56 Å². The third-order valence-corrected chi connectivity index (χ3v) is 4.57. The van der Waals surface area contributed by atoms with E-state index >= 15 is 0 Å². The van der Waals surface area contributed by atoms with Crippen LogP contribution < -0.4 is 11.3 Å². The monoisotopic (exact) mass is 283 g/mol. The Kier molecular flexibility index (Phi) is 5.78. The molecule has 2 rings (SSSR count). The Morgan fingerprint density at radius 3 is 3.05 bits per heavy atom. The topological polar surface area (TPSA) is 50.5 Å². The molecule has 3 N–H and O–H groups in total. The number of thiophene rings is 1. The van der Waals surface area contributed by atoms with Crippen LogP contribution in [0.5, 0.6) is 0 Å². The van der Waals surface area contributed by atoms with Gasteiger partial charge in [0.25, 0.3) is 0 Å². The number of rotatable bonds is 6. The average molecular weight is 283 g/mol. The van der Waals surface area contributed by atoms with E-state index < -0.39 is 0 Å². The first kappa shape index (κ1) is 14.9. The van der Waals surface area contributed by atoms with E-state index in [2.05, 4.69) is 41.0 Å². The molecule has 0 bridgehead atoms. The Hall–Kier alpha value is -0.460. The zero-order valence-electron chi connectivity index (χ0n) is 11.8. The SMILES string of the molecule is CC(C)N1CCOC(C(CCc2ccsc2)NN)C1. The Bertz CT molecular complexity index is 356. The van der Waals surface area contributed by atoms with Gasteiger partial charge in [0.1, 0.15) is 0 Å². The second kappa shape index (κ2) is 7.36. The lowest BCUT2D eigenvalue weighted by molar-refractivity contribution is -0.0564. The fourth-order valence-electron chi connectivity index (χ4n) is 2.54. The maximum absolute atomic E-state index is 5.90. The van der Waals surface area contributed by atoms with Crippen LogP contribution in [0.4, 0.5) is 0 Å². The van der Waals surface area contributed by atoms with Crippen molar-refractivity contribution in [2.24, 2.45) is 5.84 Å². The van der Waals surface area contributed by atoms with E-state index in [0.717, 1.165) is 32.5 Å². The van der Waals surface area contributed by atoms with Gasteiger partial charge in [-0.15, -0.1) is 0 Å². The number of nitrogens with one attached hydrogen (secondary N) is 1. The number of aryl methyl sites for hydroxylation is 1. The van der Waals surface area contributed by atoms with Gasteiger partial charge in [-0.2, -0.15) is 11.3 Å². The molecule has 0 aromatic carbocycles. The number of nitrogens with zero attached hydrogens (tertiary/aromatic N) is 1. The van der Waals surface area contributed by atoms with E-state index in [-0.39, 0.29) is 12.1 Å². The summed E-state index contributed by atoms with van der Waals surface area (Å²) >= 11 is 1.75. The summed E-state index contributed by atoms with van der Waals surface area (Å²) in [7, 11) is 0. The molecule has 0 spiro atoms. The molecule has 2 unspecified atom stereocenters. The third kappa shape index (κ3) is 4.26. The van der Waals surface area contributed by atoms with Crippen molar-refractivity contribution in [2.45, 2.75) is 44.9 Å². The Morgan fingerprint density at radius 2 is 2.42 bits per heavy atom. The number of morpholine rings is 1. The van der Waals surface area contributed by atoms with Crippen LogP contribution in [0.2, 0.25) is 0 Å².